The summed E-state index contributed by atoms with van der Waals surface area (Å²) in [4.78, 5) is 8.43. The predicted molar refractivity (Wildman–Crippen MR) is 158 cm³/mol. The highest BCUT2D eigenvalue weighted by atomic mass is 32.2. The lowest BCUT2D eigenvalue weighted by atomic mass is 10.3. The minimum atomic E-state index is -4.12. The zero-order valence-electron chi connectivity index (χ0n) is 21.1. The van der Waals surface area contributed by atoms with E-state index >= 15 is 0 Å². The van der Waals surface area contributed by atoms with Gasteiger partial charge in [0.05, 0.1) is 36.2 Å². The molecule has 39 heavy (non-hydrogen) atoms. The number of benzene rings is 4. The summed E-state index contributed by atoms with van der Waals surface area (Å²) in [7, 11) is -0.953. The van der Waals surface area contributed by atoms with Crippen LogP contribution < -0.4 is 19.3 Å². The highest BCUT2D eigenvalue weighted by Crippen LogP contribution is 2.32. The molecule has 4 aromatic rings. The molecule has 1 aliphatic heterocycles. The highest BCUT2D eigenvalue weighted by molar-refractivity contribution is 7.90. The van der Waals surface area contributed by atoms with Crippen LogP contribution in [0.5, 0.6) is 11.5 Å². The van der Waals surface area contributed by atoms with E-state index in [1.54, 1.807) is 90.7 Å². The van der Waals surface area contributed by atoms with E-state index in [-0.39, 0.29) is 15.8 Å². The molecule has 1 saturated heterocycles. The zero-order chi connectivity index (χ0) is 27.4. The Labute approximate surface area is 232 Å². The Bertz CT molecular complexity index is 1640. The molecule has 0 radical (unpaired) electrons. The van der Waals surface area contributed by atoms with Gasteiger partial charge in [-0.2, -0.15) is 8.42 Å². The Kier molecular flexibility index (Phi) is 7.40. The van der Waals surface area contributed by atoms with Gasteiger partial charge in [-0.15, -0.1) is 4.40 Å². The Morgan fingerprint density at radius 3 is 1.74 bits per heavy atom. The minimum Gasteiger partial charge on any atom is -0.497 e. The van der Waals surface area contributed by atoms with Crippen molar-refractivity contribution in [3.8, 4) is 11.5 Å². The van der Waals surface area contributed by atoms with Crippen LogP contribution in [0.15, 0.2) is 123 Å². The van der Waals surface area contributed by atoms with Gasteiger partial charge in [-0.1, -0.05) is 48.6 Å². The van der Waals surface area contributed by atoms with Crippen molar-refractivity contribution < 1.29 is 17.9 Å². The SMILES string of the molecule is COc1ccc(N=C2C(=S)N(c3ccc(OC)cc3)/C(=N/S(=O)(=O)c3ccccc3)N2c2ccccc2)cc1. The average Bonchev–Trinajstić information content (AvgIpc) is 3.24. The third-order valence-corrected chi connectivity index (χ3v) is 7.54. The number of aliphatic imine (C=N–C) groups is 1. The summed E-state index contributed by atoms with van der Waals surface area (Å²) in [6.45, 7) is 0. The van der Waals surface area contributed by atoms with Gasteiger partial charge in [-0.3, -0.25) is 9.80 Å². The first-order valence-corrected chi connectivity index (χ1v) is 13.7. The van der Waals surface area contributed by atoms with Crippen LogP contribution in [0.25, 0.3) is 0 Å². The first kappa shape index (κ1) is 26.1. The number of hydrogen-bond donors (Lipinski definition) is 0. The summed E-state index contributed by atoms with van der Waals surface area (Å²) in [5, 5.41) is 0. The quantitative estimate of drug-likeness (QED) is 0.265. The van der Waals surface area contributed by atoms with Crippen LogP contribution in [-0.4, -0.2) is 39.4 Å². The number of nitrogens with zero attached hydrogens (tertiary/aromatic N) is 4. The van der Waals surface area contributed by atoms with E-state index in [4.69, 9.17) is 26.7 Å². The van der Waals surface area contributed by atoms with Gasteiger partial charge in [0.25, 0.3) is 10.0 Å². The van der Waals surface area contributed by atoms with E-state index in [9.17, 15) is 8.42 Å². The van der Waals surface area contributed by atoms with Gasteiger partial charge < -0.3 is 9.47 Å². The fraction of sp³-hybridized carbons (Fsp3) is 0.0690. The number of hydrogen-bond acceptors (Lipinski definition) is 6. The van der Waals surface area contributed by atoms with Crippen LogP contribution in [0.4, 0.5) is 17.1 Å². The fourth-order valence-electron chi connectivity index (χ4n) is 3.97. The number of guanidine groups is 1. The van der Waals surface area contributed by atoms with Crippen LogP contribution in [0.3, 0.4) is 0 Å². The van der Waals surface area contributed by atoms with Crippen LogP contribution in [0.1, 0.15) is 0 Å². The number of anilines is 2. The van der Waals surface area contributed by atoms with E-state index in [1.165, 1.54) is 12.1 Å². The van der Waals surface area contributed by atoms with Crippen LogP contribution in [-0.2, 0) is 10.0 Å². The molecule has 0 saturated carbocycles. The minimum absolute atomic E-state index is 0.0617. The summed E-state index contributed by atoms with van der Waals surface area (Å²) in [6.07, 6.45) is 0. The molecule has 1 heterocycles. The number of thiocarbonyl (C=S) groups is 1. The lowest BCUT2D eigenvalue weighted by Gasteiger charge is -2.22. The third-order valence-electron chi connectivity index (χ3n) is 5.90. The standard InChI is InChI=1S/C29H24N4O4S2/c1-36-24-17-13-21(14-18-24)30-27-28(38)33(23-15-19-25(37-2)20-16-23)29(32(27)22-9-5-3-6-10-22)31-39(34,35)26-11-7-4-8-12-26/h3-20H,1-2H3/b30-27?,31-29+. The second-order valence-electron chi connectivity index (χ2n) is 8.32. The van der Waals surface area contributed by atoms with Gasteiger partial charge in [-0.05, 0) is 72.8 Å². The van der Waals surface area contributed by atoms with E-state index in [1.807, 2.05) is 30.3 Å². The number of para-hydroxylation sites is 1. The zero-order valence-corrected chi connectivity index (χ0v) is 22.8. The van der Waals surface area contributed by atoms with Crippen molar-refractivity contribution in [2.75, 3.05) is 24.0 Å². The maximum absolute atomic E-state index is 13.5. The summed E-state index contributed by atoms with van der Waals surface area (Å²) < 4.78 is 42.0. The van der Waals surface area contributed by atoms with E-state index < -0.39 is 10.0 Å². The van der Waals surface area contributed by atoms with Crippen molar-refractivity contribution in [1.82, 2.24) is 0 Å². The molecule has 1 fully saturated rings. The van der Waals surface area contributed by atoms with Crippen molar-refractivity contribution in [2.45, 2.75) is 4.90 Å². The Morgan fingerprint density at radius 2 is 1.18 bits per heavy atom. The molecule has 0 N–H and O–H groups in total. The number of ether oxygens (including phenoxy) is 2. The summed E-state index contributed by atoms with van der Waals surface area (Å²) >= 11 is 5.93. The summed E-state index contributed by atoms with van der Waals surface area (Å²) in [6, 6.07) is 31.6. The predicted octanol–water partition coefficient (Wildman–Crippen LogP) is 5.83. The van der Waals surface area contributed by atoms with E-state index in [0.717, 1.165) is 0 Å². The van der Waals surface area contributed by atoms with Crippen molar-refractivity contribution in [1.29, 1.82) is 0 Å². The van der Waals surface area contributed by atoms with Crippen LogP contribution in [0, 0.1) is 0 Å². The molecule has 0 spiro atoms. The normalized spacial score (nSPS) is 15.7. The Balaban J connectivity index is 1.75. The van der Waals surface area contributed by atoms with Crippen LogP contribution >= 0.6 is 12.2 Å². The molecule has 0 bridgehead atoms. The largest absolute Gasteiger partial charge is 0.497 e. The second-order valence-corrected chi connectivity index (χ2v) is 10.3. The number of rotatable bonds is 7. The average molecular weight is 557 g/mol. The molecule has 4 aromatic carbocycles. The molecule has 0 unspecified atom stereocenters. The topological polar surface area (TPSA) is 83.8 Å². The molecule has 0 amide bonds. The van der Waals surface area contributed by atoms with E-state index in [2.05, 4.69) is 4.40 Å². The lowest BCUT2D eigenvalue weighted by molar-refractivity contribution is 0.415. The number of amidine groups is 1. The third kappa shape index (κ3) is 5.38. The monoisotopic (exact) mass is 556 g/mol. The first-order chi connectivity index (χ1) is 18.9. The molecule has 0 aromatic heterocycles. The van der Waals surface area contributed by atoms with Crippen molar-refractivity contribution >= 4 is 56.1 Å². The Morgan fingerprint density at radius 1 is 0.667 bits per heavy atom. The molecule has 1 aliphatic rings. The molecular weight excluding hydrogens is 532 g/mol. The van der Waals surface area contributed by atoms with Gasteiger partial charge in [0.1, 0.15) is 11.5 Å². The van der Waals surface area contributed by atoms with Gasteiger partial charge in [0.15, 0.2) is 10.8 Å². The second kappa shape index (κ2) is 11.1. The highest BCUT2D eigenvalue weighted by Gasteiger charge is 2.41. The van der Waals surface area contributed by atoms with Crippen molar-refractivity contribution in [3.05, 3.63) is 109 Å². The van der Waals surface area contributed by atoms with Crippen LogP contribution in [0.2, 0.25) is 0 Å². The Hall–Kier alpha value is -4.54. The molecule has 10 heteroatoms. The molecule has 8 nitrogen and oxygen atoms in total. The first-order valence-electron chi connectivity index (χ1n) is 11.9. The van der Waals surface area contributed by atoms with Gasteiger partial charge in [-0.25, -0.2) is 4.99 Å². The fourth-order valence-corrected chi connectivity index (χ4v) is 5.28. The maximum Gasteiger partial charge on any atom is 0.285 e. The smallest absolute Gasteiger partial charge is 0.285 e. The number of sulfonamides is 1. The van der Waals surface area contributed by atoms with Crippen molar-refractivity contribution in [2.24, 2.45) is 9.39 Å². The lowest BCUT2D eigenvalue weighted by Crippen LogP contribution is -2.36. The molecule has 196 valence electrons. The number of methoxy groups -OCH3 is 2. The molecule has 0 aliphatic carbocycles. The van der Waals surface area contributed by atoms with E-state index in [0.29, 0.717) is 34.4 Å². The van der Waals surface area contributed by atoms with Gasteiger partial charge in [0, 0.05) is 0 Å². The maximum atomic E-state index is 13.5. The van der Waals surface area contributed by atoms with Crippen molar-refractivity contribution in [3.63, 3.8) is 0 Å². The molecule has 5 rings (SSSR count). The molecular formula is C29H24N4O4S2. The van der Waals surface area contributed by atoms with Gasteiger partial charge >= 0.3 is 0 Å². The van der Waals surface area contributed by atoms with Gasteiger partial charge in [0.2, 0.25) is 5.96 Å². The summed E-state index contributed by atoms with van der Waals surface area (Å²) in [5.41, 5.74) is 1.85. The summed E-state index contributed by atoms with van der Waals surface area (Å²) in [5.74, 6) is 1.75. The molecule has 0 atom stereocenters.